The summed E-state index contributed by atoms with van der Waals surface area (Å²) in [7, 11) is 0. The summed E-state index contributed by atoms with van der Waals surface area (Å²) in [5.41, 5.74) is 1.04. The molecule has 0 aliphatic carbocycles. The Hall–Kier alpha value is -2.33. The Bertz CT molecular complexity index is 626. The number of carbonyl (C=O) groups excluding carboxylic acids is 2. The zero-order valence-corrected chi connectivity index (χ0v) is 11.8. The topological polar surface area (TPSA) is 69.2 Å². The van der Waals surface area contributed by atoms with Crippen molar-refractivity contribution in [1.82, 2.24) is 0 Å². The minimum absolute atomic E-state index is 0.186. The van der Waals surface area contributed by atoms with Crippen LogP contribution in [0.2, 0.25) is 5.02 Å². The Labute approximate surface area is 127 Å². The fourth-order valence-electron chi connectivity index (χ4n) is 1.87. The summed E-state index contributed by atoms with van der Waals surface area (Å²) in [6.07, 6.45) is -0.186. The minimum Gasteiger partial charge on any atom is -0.548 e. The Morgan fingerprint density at radius 3 is 2.24 bits per heavy atom. The maximum absolute atomic E-state index is 12.1. The number of hydrogen-bond acceptors (Lipinski definition) is 4. The van der Waals surface area contributed by atoms with Gasteiger partial charge in [0.1, 0.15) is 0 Å². The number of rotatable bonds is 6. The number of benzene rings is 2. The van der Waals surface area contributed by atoms with Crippen molar-refractivity contribution in [1.29, 1.82) is 0 Å². The summed E-state index contributed by atoms with van der Waals surface area (Å²) in [6.45, 7) is 0. The first-order chi connectivity index (χ1) is 10.1. The Kier molecular flexibility index (Phi) is 4.95. The van der Waals surface area contributed by atoms with Crippen LogP contribution < -0.4 is 10.4 Å². The Balaban J connectivity index is 2.07. The molecule has 0 saturated carbocycles. The molecule has 1 unspecified atom stereocenters. The number of ketones is 1. The van der Waals surface area contributed by atoms with E-state index in [-0.39, 0.29) is 12.2 Å². The average Bonchev–Trinajstić information content (AvgIpc) is 2.49. The van der Waals surface area contributed by atoms with Gasteiger partial charge in [-0.3, -0.25) is 4.79 Å². The van der Waals surface area contributed by atoms with Gasteiger partial charge in [0, 0.05) is 22.7 Å². The molecular weight excluding hydrogens is 290 g/mol. The van der Waals surface area contributed by atoms with E-state index in [9.17, 15) is 14.7 Å². The lowest BCUT2D eigenvalue weighted by Crippen LogP contribution is -2.42. The van der Waals surface area contributed by atoms with Gasteiger partial charge >= 0.3 is 0 Å². The van der Waals surface area contributed by atoms with E-state index in [1.807, 2.05) is 0 Å². The number of nitrogens with one attached hydrogen (secondary N) is 1. The largest absolute Gasteiger partial charge is 0.548 e. The molecule has 0 saturated heterocycles. The number of Topliss-reactive ketones (excluding diaryl/α,β-unsaturated/α-hetero) is 1. The number of hydrogen-bond donors (Lipinski definition) is 1. The quantitative estimate of drug-likeness (QED) is 0.830. The molecule has 21 heavy (non-hydrogen) atoms. The highest BCUT2D eigenvalue weighted by molar-refractivity contribution is 6.30. The first-order valence-corrected chi connectivity index (χ1v) is 6.75. The summed E-state index contributed by atoms with van der Waals surface area (Å²) >= 11 is 5.76. The molecule has 5 heteroatoms. The average molecular weight is 303 g/mol. The lowest BCUT2D eigenvalue weighted by molar-refractivity contribution is -0.306. The van der Waals surface area contributed by atoms with Crippen molar-refractivity contribution in [3.63, 3.8) is 0 Å². The van der Waals surface area contributed by atoms with Gasteiger partial charge in [-0.2, -0.15) is 0 Å². The van der Waals surface area contributed by atoms with Crippen LogP contribution in [-0.2, 0) is 4.79 Å². The fraction of sp³-hybridized carbons (Fsp3) is 0.125. The number of carboxylic acids is 1. The molecule has 0 aliphatic rings. The highest BCUT2D eigenvalue weighted by Gasteiger charge is 2.16. The van der Waals surface area contributed by atoms with Crippen LogP contribution in [0.15, 0.2) is 54.6 Å². The molecule has 1 N–H and O–H groups in total. The third-order valence-electron chi connectivity index (χ3n) is 2.95. The number of carbonyl (C=O) groups is 2. The van der Waals surface area contributed by atoms with Crippen molar-refractivity contribution < 1.29 is 14.7 Å². The maximum Gasteiger partial charge on any atom is 0.165 e. The zero-order chi connectivity index (χ0) is 15.2. The molecule has 0 amide bonds. The molecule has 1 atom stereocenters. The summed E-state index contributed by atoms with van der Waals surface area (Å²) in [6, 6.07) is 14.0. The van der Waals surface area contributed by atoms with Crippen LogP contribution in [0.3, 0.4) is 0 Å². The first kappa shape index (κ1) is 15.1. The van der Waals surface area contributed by atoms with E-state index in [4.69, 9.17) is 11.6 Å². The summed E-state index contributed by atoms with van der Waals surface area (Å²) in [5, 5.41) is 14.5. The molecule has 0 fully saturated rings. The highest BCUT2D eigenvalue weighted by Crippen LogP contribution is 2.16. The van der Waals surface area contributed by atoms with Gasteiger partial charge in [-0.15, -0.1) is 0 Å². The predicted octanol–water partition coefficient (Wildman–Crippen LogP) is 2.14. The van der Waals surface area contributed by atoms with E-state index in [2.05, 4.69) is 5.32 Å². The van der Waals surface area contributed by atoms with Crippen LogP contribution in [-0.4, -0.2) is 17.8 Å². The van der Waals surface area contributed by atoms with Gasteiger partial charge < -0.3 is 15.2 Å². The smallest absolute Gasteiger partial charge is 0.165 e. The monoisotopic (exact) mass is 302 g/mol. The maximum atomic E-state index is 12.1. The SMILES string of the molecule is O=C(CC(Nc1ccc(Cl)cc1)C(=O)[O-])c1ccccc1. The minimum atomic E-state index is -1.32. The van der Waals surface area contributed by atoms with E-state index < -0.39 is 12.0 Å². The van der Waals surface area contributed by atoms with Crippen LogP contribution in [0.4, 0.5) is 5.69 Å². The number of carboxylic acid groups (broad SMARTS) is 1. The molecule has 2 rings (SSSR count). The Morgan fingerprint density at radius 1 is 1.05 bits per heavy atom. The number of anilines is 1. The van der Waals surface area contributed by atoms with E-state index in [0.29, 0.717) is 16.3 Å². The third kappa shape index (κ3) is 4.33. The zero-order valence-electron chi connectivity index (χ0n) is 11.1. The van der Waals surface area contributed by atoms with Crippen molar-refractivity contribution in [2.24, 2.45) is 0 Å². The van der Waals surface area contributed by atoms with E-state index in [1.54, 1.807) is 54.6 Å². The molecule has 0 bridgehead atoms. The number of halogens is 1. The van der Waals surface area contributed by atoms with Crippen LogP contribution in [0.1, 0.15) is 16.8 Å². The van der Waals surface area contributed by atoms with Crippen molar-refractivity contribution >= 4 is 29.0 Å². The van der Waals surface area contributed by atoms with E-state index >= 15 is 0 Å². The first-order valence-electron chi connectivity index (χ1n) is 6.37. The van der Waals surface area contributed by atoms with Crippen LogP contribution in [0, 0.1) is 0 Å². The predicted molar refractivity (Wildman–Crippen MR) is 79.3 cm³/mol. The molecule has 0 aromatic heterocycles. The number of aliphatic carboxylic acids is 1. The molecule has 0 spiro atoms. The van der Waals surface area contributed by atoms with Gasteiger partial charge in [0.05, 0.1) is 12.0 Å². The lowest BCUT2D eigenvalue weighted by atomic mass is 10.0. The van der Waals surface area contributed by atoms with Crippen LogP contribution in [0.5, 0.6) is 0 Å². The van der Waals surface area contributed by atoms with Crippen molar-refractivity contribution in [2.75, 3.05) is 5.32 Å². The lowest BCUT2D eigenvalue weighted by Gasteiger charge is -2.20. The highest BCUT2D eigenvalue weighted by atomic mass is 35.5. The van der Waals surface area contributed by atoms with Crippen molar-refractivity contribution in [3.8, 4) is 0 Å². The molecule has 2 aromatic rings. The van der Waals surface area contributed by atoms with Crippen molar-refractivity contribution in [2.45, 2.75) is 12.5 Å². The summed E-state index contributed by atoms with van der Waals surface area (Å²) < 4.78 is 0. The van der Waals surface area contributed by atoms with Gasteiger partial charge in [0.2, 0.25) is 0 Å². The van der Waals surface area contributed by atoms with Gasteiger partial charge in [-0.05, 0) is 24.3 Å². The summed E-state index contributed by atoms with van der Waals surface area (Å²) in [4.78, 5) is 23.2. The molecule has 0 aliphatic heterocycles. The second kappa shape index (κ2) is 6.90. The van der Waals surface area contributed by atoms with Crippen LogP contribution >= 0.6 is 11.6 Å². The molecule has 0 heterocycles. The van der Waals surface area contributed by atoms with Gasteiger partial charge in [0.15, 0.2) is 5.78 Å². The molecular formula is C16H13ClNO3-. The van der Waals surface area contributed by atoms with E-state index in [0.717, 1.165) is 0 Å². The molecule has 0 radical (unpaired) electrons. The Morgan fingerprint density at radius 2 is 1.67 bits per heavy atom. The van der Waals surface area contributed by atoms with Gasteiger partial charge in [0.25, 0.3) is 0 Å². The fourth-order valence-corrected chi connectivity index (χ4v) is 1.99. The van der Waals surface area contributed by atoms with Crippen molar-refractivity contribution in [3.05, 3.63) is 65.2 Å². The summed E-state index contributed by atoms with van der Waals surface area (Å²) in [5.74, 6) is -1.58. The van der Waals surface area contributed by atoms with Gasteiger partial charge in [-0.25, -0.2) is 0 Å². The van der Waals surface area contributed by atoms with Gasteiger partial charge in [-0.1, -0.05) is 41.9 Å². The standard InChI is InChI=1S/C16H14ClNO3/c17-12-6-8-13(9-7-12)18-14(16(20)21)10-15(19)11-4-2-1-3-5-11/h1-9,14,18H,10H2,(H,20,21)/p-1. The third-order valence-corrected chi connectivity index (χ3v) is 3.21. The molecule has 4 nitrogen and oxygen atoms in total. The second-order valence-electron chi connectivity index (χ2n) is 4.52. The molecule has 108 valence electrons. The normalized spacial score (nSPS) is 11.7. The van der Waals surface area contributed by atoms with Crippen LogP contribution in [0.25, 0.3) is 0 Å². The van der Waals surface area contributed by atoms with E-state index in [1.165, 1.54) is 0 Å². The second-order valence-corrected chi connectivity index (χ2v) is 4.95. The molecule has 2 aromatic carbocycles.